The van der Waals surface area contributed by atoms with Crippen molar-refractivity contribution in [1.29, 1.82) is 0 Å². The highest BCUT2D eigenvalue weighted by Gasteiger charge is 2.05. The molecule has 0 saturated carbocycles. The second kappa shape index (κ2) is 23.1. The number of thiol groups is 5. The topological polar surface area (TPSA) is 0 Å². The van der Waals surface area contributed by atoms with Gasteiger partial charge in [-0.15, -0.1) is 0 Å². The first kappa shape index (κ1) is 24.1. The van der Waals surface area contributed by atoms with E-state index in [1.807, 2.05) is 35.3 Å². The molecule has 0 aromatic carbocycles. The van der Waals surface area contributed by atoms with Crippen molar-refractivity contribution in [3.05, 3.63) is 0 Å². The molecule has 0 radical (unpaired) electrons. The second-order valence-electron chi connectivity index (χ2n) is 3.26. The number of hydrogen-bond donors (Lipinski definition) is 5. The summed E-state index contributed by atoms with van der Waals surface area (Å²) in [6.07, 6.45) is 0. The van der Waals surface area contributed by atoms with Crippen LogP contribution in [0.2, 0.25) is 0 Å². The van der Waals surface area contributed by atoms with E-state index in [1.165, 1.54) is 5.75 Å². The summed E-state index contributed by atoms with van der Waals surface area (Å²) in [5.74, 6) is 10.7. The molecule has 0 saturated heterocycles. The monoisotopic (exact) mass is 414 g/mol. The summed E-state index contributed by atoms with van der Waals surface area (Å²) in [6, 6.07) is 0. The van der Waals surface area contributed by atoms with Crippen LogP contribution in [0.15, 0.2) is 0 Å². The van der Waals surface area contributed by atoms with Crippen LogP contribution in [0.1, 0.15) is 0 Å². The lowest BCUT2D eigenvalue weighted by Gasteiger charge is -2.12. The average molecular weight is 415 g/mol. The molecular weight excluding hydrogens is 389 g/mol. The van der Waals surface area contributed by atoms with Crippen molar-refractivity contribution in [1.82, 2.24) is 0 Å². The fourth-order valence-electron chi connectivity index (χ4n) is 0.883. The van der Waals surface area contributed by atoms with Gasteiger partial charge in [0.15, 0.2) is 0 Å². The summed E-state index contributed by atoms with van der Waals surface area (Å²) in [7, 11) is 0. The van der Waals surface area contributed by atoms with E-state index in [0.717, 1.165) is 51.8 Å². The second-order valence-corrected chi connectivity index (χ2v) is 9.19. The third-order valence-corrected chi connectivity index (χ3v) is 8.02. The highest BCUT2D eigenvalue weighted by molar-refractivity contribution is 8.04. The quantitative estimate of drug-likeness (QED) is 0.240. The molecule has 0 amide bonds. The first-order valence-corrected chi connectivity index (χ1v) is 12.6. The predicted molar refractivity (Wildman–Crippen MR) is 120 cm³/mol. The van der Waals surface area contributed by atoms with Gasteiger partial charge in [-0.25, -0.2) is 0 Å². The summed E-state index contributed by atoms with van der Waals surface area (Å²) in [5.41, 5.74) is 0. The zero-order valence-corrected chi connectivity index (χ0v) is 18.0. The van der Waals surface area contributed by atoms with Crippen molar-refractivity contribution < 1.29 is 0 Å². The van der Waals surface area contributed by atoms with Gasteiger partial charge in [0.25, 0.3) is 0 Å². The van der Waals surface area contributed by atoms with Gasteiger partial charge in [-0.05, 0) is 23.0 Å². The lowest BCUT2D eigenvalue weighted by Crippen LogP contribution is -2.10. The molecule has 8 heteroatoms. The van der Waals surface area contributed by atoms with Gasteiger partial charge in [0.1, 0.15) is 0 Å². The van der Waals surface area contributed by atoms with E-state index < -0.39 is 0 Å². The van der Waals surface area contributed by atoms with E-state index in [0.29, 0.717) is 5.25 Å². The van der Waals surface area contributed by atoms with E-state index in [4.69, 9.17) is 0 Å². The predicted octanol–water partition coefficient (Wildman–Crippen LogP) is 4.19. The molecule has 1 unspecified atom stereocenters. The molecule has 0 aliphatic heterocycles. The van der Waals surface area contributed by atoms with Crippen LogP contribution in [-0.2, 0) is 0 Å². The first-order valence-electron chi connectivity index (χ1n) is 6.08. The Morgan fingerprint density at radius 1 is 0.632 bits per heavy atom. The van der Waals surface area contributed by atoms with E-state index in [1.54, 1.807) is 0 Å². The molecule has 0 aliphatic carbocycles. The summed E-state index contributed by atoms with van der Waals surface area (Å²) < 4.78 is 0. The van der Waals surface area contributed by atoms with Crippen LogP contribution in [0.5, 0.6) is 0 Å². The molecule has 0 fully saturated rings. The molecule has 0 nitrogen and oxygen atoms in total. The Hall–Kier alpha value is 2.80. The van der Waals surface area contributed by atoms with Gasteiger partial charge in [-0.1, -0.05) is 0 Å². The van der Waals surface area contributed by atoms with Crippen LogP contribution in [0.3, 0.4) is 0 Å². The van der Waals surface area contributed by atoms with Crippen LogP contribution in [-0.4, -0.2) is 62.8 Å². The van der Waals surface area contributed by atoms with Crippen LogP contribution >= 0.6 is 98.4 Å². The van der Waals surface area contributed by atoms with E-state index in [9.17, 15) is 0 Å². The fraction of sp³-hybridized carbons (Fsp3) is 1.00. The van der Waals surface area contributed by atoms with Crippen LogP contribution < -0.4 is 0 Å². The Morgan fingerprint density at radius 3 is 1.53 bits per heavy atom. The molecule has 0 rings (SSSR count). The van der Waals surface area contributed by atoms with Crippen LogP contribution in [0, 0.1) is 0 Å². The van der Waals surface area contributed by atoms with Crippen molar-refractivity contribution >= 4 is 98.4 Å². The maximum absolute atomic E-state index is 4.31. The van der Waals surface area contributed by atoms with Gasteiger partial charge < -0.3 is 0 Å². The molecular formula is C11H26S8. The fourth-order valence-corrected chi connectivity index (χ4v) is 5.34. The SMILES string of the molecule is SCCSCC(CS)SCCS.SCCSCCS. The maximum Gasteiger partial charge on any atom is 0.0226 e. The first-order chi connectivity index (χ1) is 9.26. The van der Waals surface area contributed by atoms with Gasteiger partial charge in [0, 0.05) is 39.8 Å². The molecule has 118 valence electrons. The van der Waals surface area contributed by atoms with Crippen molar-refractivity contribution in [2.45, 2.75) is 5.25 Å². The highest BCUT2D eigenvalue weighted by atomic mass is 32.2. The molecule has 0 aromatic rings. The zero-order valence-electron chi connectivity index (χ0n) is 11.1. The number of rotatable bonds is 12. The molecule has 0 bridgehead atoms. The van der Waals surface area contributed by atoms with Gasteiger partial charge in [0.2, 0.25) is 0 Å². The standard InChI is InChI=1S/C7H16S5.C4H10S3/c8-1-3-11-6-7(5-10)12-4-2-9;5-1-3-7-4-2-6/h7-10H,1-6H2;5-6H,1-4H2. The van der Waals surface area contributed by atoms with Crippen molar-refractivity contribution in [3.8, 4) is 0 Å². The lowest BCUT2D eigenvalue weighted by molar-refractivity contribution is 1.15. The molecule has 0 aliphatic rings. The average Bonchev–Trinajstić information content (AvgIpc) is 2.44. The minimum atomic E-state index is 0.686. The van der Waals surface area contributed by atoms with Gasteiger partial charge in [0.05, 0.1) is 0 Å². The summed E-state index contributed by atoms with van der Waals surface area (Å²) in [4.78, 5) is 0. The van der Waals surface area contributed by atoms with Gasteiger partial charge in [-0.3, -0.25) is 0 Å². The summed E-state index contributed by atoms with van der Waals surface area (Å²) >= 11 is 26.6. The van der Waals surface area contributed by atoms with Gasteiger partial charge in [-0.2, -0.15) is 98.4 Å². The maximum atomic E-state index is 4.31. The van der Waals surface area contributed by atoms with Crippen molar-refractivity contribution in [2.24, 2.45) is 0 Å². The Morgan fingerprint density at radius 2 is 1.11 bits per heavy atom. The Labute approximate surface area is 160 Å². The molecule has 0 spiro atoms. The Bertz CT molecular complexity index is 143. The Balaban J connectivity index is 0. The van der Waals surface area contributed by atoms with E-state index in [2.05, 4.69) is 63.1 Å². The third kappa shape index (κ3) is 23.2. The smallest absolute Gasteiger partial charge is 0.0226 e. The zero-order chi connectivity index (χ0) is 14.8. The normalized spacial score (nSPS) is 11.8. The Kier molecular flexibility index (Phi) is 29.2. The van der Waals surface area contributed by atoms with Crippen LogP contribution in [0.4, 0.5) is 0 Å². The number of hydrogen-bond acceptors (Lipinski definition) is 8. The lowest BCUT2D eigenvalue weighted by atomic mass is 10.5. The molecule has 0 aromatic heterocycles. The molecule has 1 atom stereocenters. The molecule has 0 heterocycles. The summed E-state index contributed by atoms with van der Waals surface area (Å²) in [6.45, 7) is 0. The van der Waals surface area contributed by atoms with Crippen LogP contribution in [0.25, 0.3) is 0 Å². The van der Waals surface area contributed by atoms with Crippen molar-refractivity contribution in [2.75, 3.05) is 57.5 Å². The molecule has 19 heavy (non-hydrogen) atoms. The van der Waals surface area contributed by atoms with E-state index >= 15 is 0 Å². The highest BCUT2D eigenvalue weighted by Crippen LogP contribution is 2.18. The minimum Gasteiger partial charge on any atom is -0.179 e. The van der Waals surface area contributed by atoms with E-state index in [-0.39, 0.29) is 0 Å². The van der Waals surface area contributed by atoms with Gasteiger partial charge >= 0.3 is 0 Å². The summed E-state index contributed by atoms with van der Waals surface area (Å²) in [5, 5.41) is 0.686. The van der Waals surface area contributed by atoms with Crippen molar-refractivity contribution in [3.63, 3.8) is 0 Å². The third-order valence-electron chi connectivity index (χ3n) is 1.66. The number of thioether (sulfide) groups is 3. The minimum absolute atomic E-state index is 0.686. The molecule has 0 N–H and O–H groups in total. The largest absolute Gasteiger partial charge is 0.179 e.